The van der Waals surface area contributed by atoms with Crippen molar-refractivity contribution in [3.8, 4) is 0 Å². The van der Waals surface area contributed by atoms with E-state index in [9.17, 15) is 22.8 Å². The molecule has 2 amide bonds. The maximum atomic E-state index is 13.9. The predicted molar refractivity (Wildman–Crippen MR) is 159 cm³/mol. The lowest BCUT2D eigenvalue weighted by molar-refractivity contribution is -0.138. The third kappa shape index (κ3) is 6.21. The number of carbonyl (C=O) groups excluding carboxylic acids is 2. The van der Waals surface area contributed by atoms with Gasteiger partial charge in [-0.05, 0) is 62.1 Å². The summed E-state index contributed by atoms with van der Waals surface area (Å²) < 4.78 is 44.1. The molecular weight excluding hydrogens is 579 g/mol. The van der Waals surface area contributed by atoms with Gasteiger partial charge >= 0.3 is 6.18 Å². The van der Waals surface area contributed by atoms with E-state index in [0.29, 0.717) is 40.0 Å². The van der Waals surface area contributed by atoms with E-state index in [4.69, 9.17) is 0 Å². The lowest BCUT2D eigenvalue weighted by Gasteiger charge is -2.15. The minimum Gasteiger partial charge on any atom is -0.366 e. The number of nitrogens with one attached hydrogen (secondary N) is 3. The van der Waals surface area contributed by atoms with E-state index in [0.717, 1.165) is 29.2 Å². The highest BCUT2D eigenvalue weighted by molar-refractivity contribution is 7.18. The molecule has 220 valence electrons. The second-order valence-electron chi connectivity index (χ2n) is 10.5. The van der Waals surface area contributed by atoms with Gasteiger partial charge in [0.25, 0.3) is 11.8 Å². The Labute approximate surface area is 248 Å². The van der Waals surface area contributed by atoms with Crippen LogP contribution in [0.1, 0.15) is 55.9 Å². The number of imidazole rings is 1. The fourth-order valence-corrected chi connectivity index (χ4v) is 5.59. The monoisotopic (exact) mass is 605 g/mol. The molecule has 0 radical (unpaired) electrons. The minimum atomic E-state index is -4.66. The number of rotatable bonds is 8. The summed E-state index contributed by atoms with van der Waals surface area (Å²) >= 11 is 1.38. The zero-order chi connectivity index (χ0) is 30.3. The standard InChI is InChI=1S/C30H26F3N7O2S/c1-16-3-6-21(10-24(16)39-29(42)22-13-43-26-25(22)34-14-35-27(26)37-20-7-8-20)38-28(41)18-4-5-19(23(9-18)30(31,32)33)12-40-11-17(2)36-15-40/h3-6,9-11,13-15,20H,7-8,12H2,1-2H3,(H,38,41)(H,39,42)(H,34,35,37). The van der Waals surface area contributed by atoms with E-state index < -0.39 is 17.6 Å². The summed E-state index contributed by atoms with van der Waals surface area (Å²) in [5.41, 5.74) is 2.07. The number of thiophene rings is 1. The number of alkyl halides is 3. The summed E-state index contributed by atoms with van der Waals surface area (Å²) in [7, 11) is 0. The summed E-state index contributed by atoms with van der Waals surface area (Å²) in [4.78, 5) is 39.0. The lowest BCUT2D eigenvalue weighted by atomic mass is 10.0. The number of amides is 2. The van der Waals surface area contributed by atoms with E-state index in [1.165, 1.54) is 36.1 Å². The van der Waals surface area contributed by atoms with Crippen LogP contribution in [0.5, 0.6) is 0 Å². The molecular formula is C30H26F3N7O2S. The quantitative estimate of drug-likeness (QED) is 0.183. The first-order valence-electron chi connectivity index (χ1n) is 13.5. The van der Waals surface area contributed by atoms with Crippen LogP contribution in [0.15, 0.2) is 60.6 Å². The van der Waals surface area contributed by atoms with Gasteiger partial charge in [0.1, 0.15) is 12.1 Å². The first-order chi connectivity index (χ1) is 20.5. The molecule has 1 aliphatic rings. The Morgan fingerprint density at radius 2 is 1.84 bits per heavy atom. The van der Waals surface area contributed by atoms with E-state index in [-0.39, 0.29) is 23.6 Å². The highest BCUT2D eigenvalue weighted by Crippen LogP contribution is 2.35. The Morgan fingerprint density at radius 1 is 1.02 bits per heavy atom. The molecule has 5 aromatic rings. The number of carbonyl (C=O) groups is 2. The number of benzene rings is 2. The molecule has 3 N–H and O–H groups in total. The molecule has 0 spiro atoms. The molecule has 0 saturated heterocycles. The van der Waals surface area contributed by atoms with Crippen molar-refractivity contribution in [1.29, 1.82) is 0 Å². The molecule has 2 aromatic carbocycles. The van der Waals surface area contributed by atoms with Crippen LogP contribution in [0.25, 0.3) is 10.2 Å². The van der Waals surface area contributed by atoms with Crippen molar-refractivity contribution < 1.29 is 22.8 Å². The van der Waals surface area contributed by atoms with Gasteiger partial charge in [-0.25, -0.2) is 15.0 Å². The van der Waals surface area contributed by atoms with Gasteiger partial charge in [0.15, 0.2) is 0 Å². The Hall–Kier alpha value is -4.78. The number of fused-ring (bicyclic) bond motifs is 1. The largest absolute Gasteiger partial charge is 0.416 e. The van der Waals surface area contributed by atoms with Crippen molar-refractivity contribution in [2.45, 2.75) is 45.5 Å². The number of nitrogens with zero attached hydrogens (tertiary/aromatic N) is 4. The number of aromatic nitrogens is 4. The van der Waals surface area contributed by atoms with E-state index >= 15 is 0 Å². The second kappa shape index (κ2) is 11.1. The Bertz CT molecular complexity index is 1860. The van der Waals surface area contributed by atoms with Crippen LogP contribution < -0.4 is 16.0 Å². The third-order valence-corrected chi connectivity index (χ3v) is 8.03. The fraction of sp³-hybridized carbons (Fsp3) is 0.233. The third-order valence-electron chi connectivity index (χ3n) is 7.05. The maximum Gasteiger partial charge on any atom is 0.416 e. The summed E-state index contributed by atoms with van der Waals surface area (Å²) in [5, 5.41) is 10.6. The highest BCUT2D eigenvalue weighted by Gasteiger charge is 2.34. The number of aryl methyl sites for hydroxylation is 2. The average molecular weight is 606 g/mol. The van der Waals surface area contributed by atoms with Crippen LogP contribution in [0.4, 0.5) is 30.4 Å². The Kier molecular flexibility index (Phi) is 7.34. The molecule has 1 fully saturated rings. The van der Waals surface area contributed by atoms with Gasteiger partial charge in [0.2, 0.25) is 0 Å². The molecule has 1 aliphatic carbocycles. The van der Waals surface area contributed by atoms with Crippen molar-refractivity contribution in [3.05, 3.63) is 94.1 Å². The van der Waals surface area contributed by atoms with Crippen LogP contribution in [-0.4, -0.2) is 37.4 Å². The van der Waals surface area contributed by atoms with Gasteiger partial charge in [-0.2, -0.15) is 13.2 Å². The summed E-state index contributed by atoms with van der Waals surface area (Å²) in [5.74, 6) is -0.392. The number of hydrogen-bond donors (Lipinski definition) is 3. The van der Waals surface area contributed by atoms with Gasteiger partial charge in [0, 0.05) is 41.1 Å². The number of anilines is 3. The first kappa shape index (κ1) is 28.3. The number of hydrogen-bond acceptors (Lipinski definition) is 7. The zero-order valence-corrected chi connectivity index (χ0v) is 23.9. The van der Waals surface area contributed by atoms with Crippen LogP contribution in [0, 0.1) is 13.8 Å². The van der Waals surface area contributed by atoms with Crippen molar-refractivity contribution in [3.63, 3.8) is 0 Å². The normalized spacial score (nSPS) is 13.2. The zero-order valence-electron chi connectivity index (χ0n) is 23.1. The molecule has 6 rings (SSSR count). The van der Waals surface area contributed by atoms with Crippen molar-refractivity contribution >= 4 is 50.6 Å². The Morgan fingerprint density at radius 3 is 2.56 bits per heavy atom. The molecule has 0 unspecified atom stereocenters. The van der Waals surface area contributed by atoms with Gasteiger partial charge in [0.05, 0.1) is 33.4 Å². The molecule has 9 nitrogen and oxygen atoms in total. The average Bonchev–Trinajstić information content (AvgIpc) is 3.51. The predicted octanol–water partition coefficient (Wildman–Crippen LogP) is 6.65. The molecule has 0 atom stereocenters. The smallest absolute Gasteiger partial charge is 0.366 e. The summed E-state index contributed by atoms with van der Waals surface area (Å²) in [6.45, 7) is 3.50. The SMILES string of the molecule is Cc1cn(Cc2ccc(C(=O)Nc3ccc(C)c(NC(=O)c4csc5c(NC6CC6)ncnc45)c3)cc2C(F)(F)F)cn1. The van der Waals surface area contributed by atoms with Gasteiger partial charge in [-0.15, -0.1) is 11.3 Å². The molecule has 3 heterocycles. The van der Waals surface area contributed by atoms with Crippen LogP contribution in [0.3, 0.4) is 0 Å². The van der Waals surface area contributed by atoms with Gasteiger partial charge in [-0.1, -0.05) is 12.1 Å². The first-order valence-corrected chi connectivity index (χ1v) is 14.3. The summed E-state index contributed by atoms with van der Waals surface area (Å²) in [6.07, 6.45) is 2.03. The topological polar surface area (TPSA) is 114 Å². The molecule has 13 heteroatoms. The van der Waals surface area contributed by atoms with Crippen molar-refractivity contribution in [1.82, 2.24) is 19.5 Å². The molecule has 43 heavy (non-hydrogen) atoms. The van der Waals surface area contributed by atoms with Crippen LogP contribution >= 0.6 is 11.3 Å². The second-order valence-corrected chi connectivity index (χ2v) is 11.3. The maximum absolute atomic E-state index is 13.9. The summed E-state index contributed by atoms with van der Waals surface area (Å²) in [6, 6.07) is 8.78. The van der Waals surface area contributed by atoms with Gasteiger partial charge < -0.3 is 20.5 Å². The lowest BCUT2D eigenvalue weighted by Crippen LogP contribution is -2.17. The highest BCUT2D eigenvalue weighted by atomic mass is 32.1. The minimum absolute atomic E-state index is 0.0171. The Balaban J connectivity index is 1.20. The fourth-order valence-electron chi connectivity index (χ4n) is 4.64. The van der Waals surface area contributed by atoms with Crippen molar-refractivity contribution in [2.24, 2.45) is 0 Å². The van der Waals surface area contributed by atoms with Crippen molar-refractivity contribution in [2.75, 3.05) is 16.0 Å². The van der Waals surface area contributed by atoms with Gasteiger partial charge in [-0.3, -0.25) is 9.59 Å². The van der Waals surface area contributed by atoms with Crippen LogP contribution in [0.2, 0.25) is 0 Å². The van der Waals surface area contributed by atoms with Crippen LogP contribution in [-0.2, 0) is 12.7 Å². The molecule has 0 bridgehead atoms. The molecule has 0 aliphatic heterocycles. The molecule has 3 aromatic heterocycles. The van der Waals surface area contributed by atoms with E-state index in [1.54, 1.807) is 48.2 Å². The number of halogens is 3. The van der Waals surface area contributed by atoms with E-state index in [2.05, 4.69) is 30.9 Å². The molecule has 1 saturated carbocycles. The van der Waals surface area contributed by atoms with E-state index in [1.807, 2.05) is 0 Å².